The first kappa shape index (κ1) is 14.0. The molecule has 18 heavy (non-hydrogen) atoms. The molecular weight excluding hydrogens is 318 g/mol. The molecule has 1 aliphatic heterocycles. The molecule has 0 aliphatic carbocycles. The minimum Gasteiger partial charge on any atom is -0.393 e. The number of alkyl halides is 1. The molecule has 0 saturated carbocycles. The van der Waals surface area contributed by atoms with Gasteiger partial charge in [0.25, 0.3) is 0 Å². The second-order valence-electron chi connectivity index (χ2n) is 4.41. The Labute approximate surface area is 116 Å². The number of rotatable bonds is 3. The van der Waals surface area contributed by atoms with Gasteiger partial charge in [-0.2, -0.15) is 4.31 Å². The molecular formula is C12H16BrNO3S. The maximum Gasteiger partial charge on any atom is 0.243 e. The van der Waals surface area contributed by atoms with Gasteiger partial charge in [0.05, 0.1) is 11.0 Å². The summed E-state index contributed by atoms with van der Waals surface area (Å²) in [7, 11) is -3.40. The van der Waals surface area contributed by atoms with Crippen molar-refractivity contribution in [3.05, 3.63) is 29.8 Å². The lowest BCUT2D eigenvalue weighted by Gasteiger charge is -2.28. The number of nitrogens with zero attached hydrogens (tertiary/aromatic N) is 1. The molecule has 0 spiro atoms. The highest BCUT2D eigenvalue weighted by molar-refractivity contribution is 9.08. The van der Waals surface area contributed by atoms with Crippen LogP contribution in [0, 0.1) is 0 Å². The van der Waals surface area contributed by atoms with Gasteiger partial charge in [0.2, 0.25) is 10.0 Å². The maximum atomic E-state index is 12.3. The number of piperidine rings is 1. The molecule has 1 heterocycles. The molecule has 6 heteroatoms. The summed E-state index contributed by atoms with van der Waals surface area (Å²) >= 11 is 3.33. The van der Waals surface area contributed by atoms with E-state index in [1.54, 1.807) is 24.3 Å². The van der Waals surface area contributed by atoms with Gasteiger partial charge in [-0.25, -0.2) is 8.42 Å². The predicted molar refractivity (Wildman–Crippen MR) is 73.1 cm³/mol. The quantitative estimate of drug-likeness (QED) is 0.857. The molecule has 1 aromatic rings. The normalized spacial score (nSPS) is 19.0. The molecule has 1 aliphatic rings. The van der Waals surface area contributed by atoms with Crippen molar-refractivity contribution in [1.29, 1.82) is 0 Å². The molecule has 0 amide bonds. The van der Waals surface area contributed by atoms with Crippen LogP contribution in [0.3, 0.4) is 0 Å². The summed E-state index contributed by atoms with van der Waals surface area (Å²) < 4.78 is 26.1. The molecule has 1 aromatic carbocycles. The van der Waals surface area contributed by atoms with E-state index in [1.165, 1.54) is 4.31 Å². The molecule has 4 nitrogen and oxygen atoms in total. The molecule has 100 valence electrons. The molecule has 1 saturated heterocycles. The van der Waals surface area contributed by atoms with Crippen molar-refractivity contribution >= 4 is 26.0 Å². The average molecular weight is 334 g/mol. The number of aliphatic hydroxyl groups excluding tert-OH is 1. The zero-order chi connectivity index (χ0) is 13.2. The standard InChI is InChI=1S/C12H16BrNO3S/c13-9-10-1-3-12(4-2-10)18(16,17)14-7-5-11(15)6-8-14/h1-4,11,15H,5-9H2. The first-order chi connectivity index (χ1) is 8.54. The summed E-state index contributed by atoms with van der Waals surface area (Å²) in [4.78, 5) is 0.323. The van der Waals surface area contributed by atoms with E-state index in [9.17, 15) is 13.5 Å². The number of hydrogen-bond donors (Lipinski definition) is 1. The molecule has 1 N–H and O–H groups in total. The van der Waals surface area contributed by atoms with Crippen molar-refractivity contribution in [2.75, 3.05) is 13.1 Å². The topological polar surface area (TPSA) is 57.6 Å². The lowest BCUT2D eigenvalue weighted by atomic mass is 10.1. The molecule has 0 radical (unpaired) electrons. The van der Waals surface area contributed by atoms with E-state index in [-0.39, 0.29) is 6.10 Å². The molecule has 0 aromatic heterocycles. The van der Waals surface area contributed by atoms with Crippen LogP contribution in [0.15, 0.2) is 29.2 Å². The van der Waals surface area contributed by atoms with Crippen molar-refractivity contribution in [1.82, 2.24) is 4.31 Å². The zero-order valence-corrected chi connectivity index (χ0v) is 12.3. The van der Waals surface area contributed by atoms with Crippen molar-refractivity contribution in [3.8, 4) is 0 Å². The largest absolute Gasteiger partial charge is 0.393 e. The summed E-state index contributed by atoms with van der Waals surface area (Å²) in [5.41, 5.74) is 1.04. The number of sulfonamides is 1. The van der Waals surface area contributed by atoms with Gasteiger partial charge in [-0.05, 0) is 30.5 Å². The lowest BCUT2D eigenvalue weighted by molar-refractivity contribution is 0.113. The summed E-state index contributed by atoms with van der Waals surface area (Å²) in [5.74, 6) is 0. The van der Waals surface area contributed by atoms with E-state index in [2.05, 4.69) is 15.9 Å². The Kier molecular flexibility index (Phi) is 4.42. The minimum absolute atomic E-state index is 0.323. The smallest absolute Gasteiger partial charge is 0.243 e. The zero-order valence-electron chi connectivity index (χ0n) is 9.92. The molecule has 1 fully saturated rings. The first-order valence-electron chi connectivity index (χ1n) is 5.87. The van der Waals surface area contributed by atoms with Gasteiger partial charge in [-0.3, -0.25) is 0 Å². The van der Waals surface area contributed by atoms with E-state index >= 15 is 0 Å². The Hall–Kier alpha value is -0.430. The highest BCUT2D eigenvalue weighted by atomic mass is 79.9. The Bertz CT molecular complexity index is 493. The maximum absolute atomic E-state index is 12.3. The summed E-state index contributed by atoms with van der Waals surface area (Å²) in [6.45, 7) is 0.785. The summed E-state index contributed by atoms with van der Waals surface area (Å²) in [5, 5.41) is 10.1. The fourth-order valence-electron chi connectivity index (χ4n) is 1.98. The number of aliphatic hydroxyl groups is 1. The Balaban J connectivity index is 2.19. The second kappa shape index (κ2) is 5.69. The minimum atomic E-state index is -3.40. The van der Waals surface area contributed by atoms with Crippen LogP contribution in [0.2, 0.25) is 0 Å². The lowest BCUT2D eigenvalue weighted by Crippen LogP contribution is -2.39. The van der Waals surface area contributed by atoms with Crippen LogP contribution in [-0.2, 0) is 15.4 Å². The summed E-state index contributed by atoms with van der Waals surface area (Å²) in [6, 6.07) is 6.88. The van der Waals surface area contributed by atoms with E-state index < -0.39 is 10.0 Å². The molecule has 0 atom stereocenters. The van der Waals surface area contributed by atoms with E-state index in [4.69, 9.17) is 0 Å². The van der Waals surface area contributed by atoms with Crippen molar-refractivity contribution in [3.63, 3.8) is 0 Å². The monoisotopic (exact) mass is 333 g/mol. The third-order valence-electron chi connectivity index (χ3n) is 3.14. The van der Waals surface area contributed by atoms with Gasteiger partial charge in [-0.1, -0.05) is 28.1 Å². The Morgan fingerprint density at radius 3 is 2.28 bits per heavy atom. The van der Waals surface area contributed by atoms with Crippen LogP contribution in [0.5, 0.6) is 0 Å². The fourth-order valence-corrected chi connectivity index (χ4v) is 3.83. The Morgan fingerprint density at radius 2 is 1.78 bits per heavy atom. The second-order valence-corrected chi connectivity index (χ2v) is 6.91. The van der Waals surface area contributed by atoms with Crippen LogP contribution >= 0.6 is 15.9 Å². The van der Waals surface area contributed by atoms with Crippen LogP contribution in [0.4, 0.5) is 0 Å². The van der Waals surface area contributed by atoms with Gasteiger partial charge < -0.3 is 5.11 Å². The van der Waals surface area contributed by atoms with Gasteiger partial charge in [0.1, 0.15) is 0 Å². The molecule has 0 unspecified atom stereocenters. The highest BCUT2D eigenvalue weighted by Gasteiger charge is 2.28. The Morgan fingerprint density at radius 1 is 1.22 bits per heavy atom. The van der Waals surface area contributed by atoms with Crippen molar-refractivity contribution < 1.29 is 13.5 Å². The molecule has 0 bridgehead atoms. The molecule has 2 rings (SSSR count). The highest BCUT2D eigenvalue weighted by Crippen LogP contribution is 2.21. The van der Waals surface area contributed by atoms with Crippen LogP contribution in [-0.4, -0.2) is 37.0 Å². The van der Waals surface area contributed by atoms with Crippen LogP contribution < -0.4 is 0 Å². The van der Waals surface area contributed by atoms with Crippen molar-refractivity contribution in [2.24, 2.45) is 0 Å². The SMILES string of the molecule is O=S(=O)(c1ccc(CBr)cc1)N1CCC(O)CC1. The predicted octanol–water partition coefficient (Wildman–Crippen LogP) is 1.73. The number of benzene rings is 1. The van der Waals surface area contributed by atoms with E-state index in [0.29, 0.717) is 36.2 Å². The summed E-state index contributed by atoms with van der Waals surface area (Å²) in [6.07, 6.45) is 0.657. The van der Waals surface area contributed by atoms with Crippen LogP contribution in [0.1, 0.15) is 18.4 Å². The van der Waals surface area contributed by atoms with Gasteiger partial charge >= 0.3 is 0 Å². The third kappa shape index (κ3) is 2.93. The van der Waals surface area contributed by atoms with Gasteiger partial charge in [0, 0.05) is 18.4 Å². The van der Waals surface area contributed by atoms with Crippen molar-refractivity contribution in [2.45, 2.75) is 29.2 Å². The van der Waals surface area contributed by atoms with Gasteiger partial charge in [-0.15, -0.1) is 0 Å². The average Bonchev–Trinajstić information content (AvgIpc) is 2.39. The third-order valence-corrected chi connectivity index (χ3v) is 5.70. The van der Waals surface area contributed by atoms with E-state index in [0.717, 1.165) is 5.56 Å². The van der Waals surface area contributed by atoms with Gasteiger partial charge in [0.15, 0.2) is 0 Å². The number of halogens is 1. The fraction of sp³-hybridized carbons (Fsp3) is 0.500. The van der Waals surface area contributed by atoms with E-state index in [1.807, 2.05) is 0 Å². The van der Waals surface area contributed by atoms with Crippen LogP contribution in [0.25, 0.3) is 0 Å². The number of hydrogen-bond acceptors (Lipinski definition) is 3. The first-order valence-corrected chi connectivity index (χ1v) is 8.43.